The molecule has 0 unspecified atom stereocenters. The number of fused-ring (bicyclic) bond motifs is 1. The number of benzene rings is 2. The van der Waals surface area contributed by atoms with Gasteiger partial charge in [0.2, 0.25) is 0 Å². The minimum atomic E-state index is -0.373. The van der Waals surface area contributed by atoms with Crippen LogP contribution in [0.2, 0.25) is 0 Å². The normalized spacial score (nSPS) is 10.6. The van der Waals surface area contributed by atoms with E-state index in [1.54, 1.807) is 24.3 Å². The number of hydrogen-bond acceptors (Lipinski definition) is 0. The lowest BCUT2D eigenvalue weighted by atomic mass is 10.1. The average molecular weight is 175 g/mol. The van der Waals surface area contributed by atoms with E-state index in [4.69, 9.17) is 0 Å². The first-order valence-electron chi connectivity index (χ1n) is 4.06. The van der Waals surface area contributed by atoms with E-state index in [-0.39, 0.29) is 12.4 Å². The molecule has 0 aliphatic rings. The number of halogens is 1. The molecule has 1 nitrogen and oxygen atoms in total. The molecular formula is C11H8FO. The summed E-state index contributed by atoms with van der Waals surface area (Å²) < 4.78 is 13.3. The molecule has 0 spiro atoms. The van der Waals surface area contributed by atoms with E-state index in [2.05, 4.69) is 0 Å². The molecule has 0 atom stereocenters. The lowest BCUT2D eigenvalue weighted by Crippen LogP contribution is -1.86. The van der Waals surface area contributed by atoms with Gasteiger partial charge < -0.3 is 0 Å². The summed E-state index contributed by atoms with van der Waals surface area (Å²) in [6.45, 7) is -0.373. The van der Waals surface area contributed by atoms with Gasteiger partial charge in [-0.25, -0.2) is 9.50 Å². The van der Waals surface area contributed by atoms with Gasteiger partial charge in [0.25, 0.3) is 0 Å². The molecule has 0 fully saturated rings. The Morgan fingerprint density at radius 1 is 1.15 bits per heavy atom. The van der Waals surface area contributed by atoms with Crippen LogP contribution in [-0.4, -0.2) is 0 Å². The van der Waals surface area contributed by atoms with E-state index < -0.39 is 0 Å². The monoisotopic (exact) mass is 175 g/mol. The highest BCUT2D eigenvalue weighted by Crippen LogP contribution is 2.19. The minimum absolute atomic E-state index is 0.316. The molecule has 13 heavy (non-hydrogen) atoms. The molecule has 0 aliphatic carbocycles. The third-order valence-electron chi connectivity index (χ3n) is 2.04. The van der Waals surface area contributed by atoms with Crippen LogP contribution in [0, 0.1) is 5.82 Å². The SMILES string of the molecule is [O]Cc1cc(F)c2ccccc2c1. The molecule has 1 radical (unpaired) electrons. The van der Waals surface area contributed by atoms with Crippen molar-refractivity contribution in [1.82, 2.24) is 0 Å². The summed E-state index contributed by atoms with van der Waals surface area (Å²) in [7, 11) is 0. The van der Waals surface area contributed by atoms with Gasteiger partial charge in [-0.15, -0.1) is 0 Å². The molecule has 0 aliphatic heterocycles. The maximum Gasteiger partial charge on any atom is 0.131 e. The van der Waals surface area contributed by atoms with E-state index in [9.17, 15) is 9.50 Å². The zero-order chi connectivity index (χ0) is 9.26. The van der Waals surface area contributed by atoms with Crippen molar-refractivity contribution in [2.24, 2.45) is 0 Å². The molecular weight excluding hydrogens is 167 g/mol. The Balaban J connectivity index is 2.77. The van der Waals surface area contributed by atoms with Crippen molar-refractivity contribution in [3.05, 3.63) is 47.8 Å². The van der Waals surface area contributed by atoms with Gasteiger partial charge in [-0.05, 0) is 23.1 Å². The molecule has 0 saturated carbocycles. The van der Waals surface area contributed by atoms with Crippen molar-refractivity contribution in [3.8, 4) is 0 Å². The summed E-state index contributed by atoms with van der Waals surface area (Å²) >= 11 is 0. The van der Waals surface area contributed by atoms with Gasteiger partial charge in [0.15, 0.2) is 0 Å². The van der Waals surface area contributed by atoms with Gasteiger partial charge in [-0.1, -0.05) is 24.3 Å². The Morgan fingerprint density at radius 2 is 1.92 bits per heavy atom. The molecule has 65 valence electrons. The molecule has 2 aromatic rings. The van der Waals surface area contributed by atoms with Crippen molar-refractivity contribution < 1.29 is 9.50 Å². The predicted molar refractivity (Wildman–Crippen MR) is 48.3 cm³/mol. The van der Waals surface area contributed by atoms with Gasteiger partial charge in [0.1, 0.15) is 12.4 Å². The van der Waals surface area contributed by atoms with Crippen LogP contribution >= 0.6 is 0 Å². The maximum absolute atomic E-state index is 13.3. The first kappa shape index (κ1) is 8.20. The van der Waals surface area contributed by atoms with E-state index in [0.717, 1.165) is 5.39 Å². The van der Waals surface area contributed by atoms with Crippen LogP contribution in [0.15, 0.2) is 36.4 Å². The predicted octanol–water partition coefficient (Wildman–Crippen LogP) is 2.91. The first-order chi connectivity index (χ1) is 6.31. The van der Waals surface area contributed by atoms with Gasteiger partial charge in [-0.2, -0.15) is 0 Å². The molecule has 0 N–H and O–H groups in total. The molecule has 2 aromatic carbocycles. The molecule has 0 saturated heterocycles. The largest absolute Gasteiger partial charge is 0.232 e. The maximum atomic E-state index is 13.3. The van der Waals surface area contributed by atoms with Crippen LogP contribution in [0.1, 0.15) is 5.56 Å². The Morgan fingerprint density at radius 3 is 2.69 bits per heavy atom. The molecule has 2 heteroatoms. The standard InChI is InChI=1S/C11H8FO/c12-11-6-8(7-13)5-9-3-1-2-4-10(9)11/h1-6H,7H2. The first-order valence-corrected chi connectivity index (χ1v) is 4.06. The molecule has 2 rings (SSSR count). The van der Waals surface area contributed by atoms with E-state index in [0.29, 0.717) is 10.9 Å². The Labute approximate surface area is 75.4 Å². The Hall–Kier alpha value is -1.41. The second-order valence-electron chi connectivity index (χ2n) is 2.94. The fourth-order valence-corrected chi connectivity index (χ4v) is 1.41. The highest BCUT2D eigenvalue weighted by molar-refractivity contribution is 5.83. The molecule has 0 amide bonds. The fraction of sp³-hybridized carbons (Fsp3) is 0.0909. The van der Waals surface area contributed by atoms with Crippen LogP contribution in [0.25, 0.3) is 10.8 Å². The fourth-order valence-electron chi connectivity index (χ4n) is 1.41. The van der Waals surface area contributed by atoms with E-state index >= 15 is 0 Å². The van der Waals surface area contributed by atoms with Crippen LogP contribution in [0.3, 0.4) is 0 Å². The second-order valence-corrected chi connectivity index (χ2v) is 2.94. The van der Waals surface area contributed by atoms with Gasteiger partial charge in [0.05, 0.1) is 0 Å². The second kappa shape index (κ2) is 3.15. The highest BCUT2D eigenvalue weighted by Gasteiger charge is 2.01. The minimum Gasteiger partial charge on any atom is -0.232 e. The topological polar surface area (TPSA) is 19.9 Å². The summed E-state index contributed by atoms with van der Waals surface area (Å²) in [6.07, 6.45) is 0. The lowest BCUT2D eigenvalue weighted by molar-refractivity contribution is 0.177. The van der Waals surface area contributed by atoms with Crippen molar-refractivity contribution in [3.63, 3.8) is 0 Å². The van der Waals surface area contributed by atoms with Crippen molar-refractivity contribution in [2.75, 3.05) is 0 Å². The lowest BCUT2D eigenvalue weighted by Gasteiger charge is -2.01. The smallest absolute Gasteiger partial charge is 0.131 e. The zero-order valence-electron chi connectivity index (χ0n) is 6.96. The summed E-state index contributed by atoms with van der Waals surface area (Å²) in [6, 6.07) is 10.1. The number of hydrogen-bond donors (Lipinski definition) is 0. The summed E-state index contributed by atoms with van der Waals surface area (Å²) in [5, 5.41) is 11.9. The third kappa shape index (κ3) is 1.40. The number of rotatable bonds is 1. The summed E-state index contributed by atoms with van der Waals surface area (Å²) in [5.41, 5.74) is 0.496. The summed E-state index contributed by atoms with van der Waals surface area (Å²) in [5.74, 6) is -0.316. The van der Waals surface area contributed by atoms with Gasteiger partial charge in [-0.3, -0.25) is 0 Å². The van der Waals surface area contributed by atoms with Gasteiger partial charge >= 0.3 is 0 Å². The van der Waals surface area contributed by atoms with E-state index in [1.165, 1.54) is 6.07 Å². The molecule has 0 heterocycles. The van der Waals surface area contributed by atoms with E-state index in [1.807, 2.05) is 6.07 Å². The molecule has 0 bridgehead atoms. The van der Waals surface area contributed by atoms with Crippen molar-refractivity contribution >= 4 is 10.8 Å². The van der Waals surface area contributed by atoms with Crippen LogP contribution in [0.5, 0.6) is 0 Å². The van der Waals surface area contributed by atoms with Crippen molar-refractivity contribution in [1.29, 1.82) is 0 Å². The Kier molecular flexibility index (Phi) is 1.99. The van der Waals surface area contributed by atoms with Gasteiger partial charge in [0, 0.05) is 5.39 Å². The Bertz CT molecular complexity index is 437. The van der Waals surface area contributed by atoms with Crippen LogP contribution in [0.4, 0.5) is 4.39 Å². The zero-order valence-corrected chi connectivity index (χ0v) is 6.96. The summed E-state index contributed by atoms with van der Waals surface area (Å²) in [4.78, 5) is 0. The van der Waals surface area contributed by atoms with Crippen LogP contribution < -0.4 is 0 Å². The van der Waals surface area contributed by atoms with Crippen molar-refractivity contribution in [2.45, 2.75) is 6.61 Å². The highest BCUT2D eigenvalue weighted by atomic mass is 19.1. The van der Waals surface area contributed by atoms with Crippen LogP contribution in [-0.2, 0) is 11.7 Å². The molecule has 0 aromatic heterocycles. The third-order valence-corrected chi connectivity index (χ3v) is 2.04. The quantitative estimate of drug-likeness (QED) is 0.635. The average Bonchev–Trinajstić information content (AvgIpc) is 2.18.